The summed E-state index contributed by atoms with van der Waals surface area (Å²) in [6.45, 7) is 4.06. The van der Waals surface area contributed by atoms with Gasteiger partial charge in [0, 0.05) is 12.7 Å². The van der Waals surface area contributed by atoms with Crippen molar-refractivity contribution in [2.24, 2.45) is 4.99 Å². The molecule has 1 fully saturated rings. The minimum Gasteiger partial charge on any atom is -0.495 e. The van der Waals surface area contributed by atoms with Gasteiger partial charge in [0.2, 0.25) is 5.96 Å². The highest BCUT2D eigenvalue weighted by Crippen LogP contribution is 2.29. The van der Waals surface area contributed by atoms with Crippen LogP contribution in [0.4, 0.5) is 4.39 Å². The molecule has 0 spiro atoms. The second-order valence-electron chi connectivity index (χ2n) is 8.17. The Bertz CT molecular complexity index is 1270. The topological polar surface area (TPSA) is 92.0 Å². The van der Waals surface area contributed by atoms with Crippen molar-refractivity contribution < 1.29 is 19.0 Å². The van der Waals surface area contributed by atoms with Crippen LogP contribution in [-0.4, -0.2) is 51.7 Å². The number of carbonyl (C=O) groups is 1. The standard InChI is InChI=1S/C26H28FN5O3/c1-4-11-28-26-30-21(25(34)32(26)23(15-33)19-6-8-20(27)9-7-19)12-18-5-10-22(24(13-18)35-3)31-14-17(2)29-16-31/h5-10,12-14,16,23,33H,4,11,15H2,1-3H3,(H,28,30)/b21-12-/t23-/m1/s1. The summed E-state index contributed by atoms with van der Waals surface area (Å²) in [7, 11) is 1.59. The van der Waals surface area contributed by atoms with Gasteiger partial charge in [-0.25, -0.2) is 9.37 Å². The maximum Gasteiger partial charge on any atom is 0.277 e. The molecule has 0 radical (unpaired) electrons. The molecule has 2 aromatic carbocycles. The highest BCUT2D eigenvalue weighted by Gasteiger charge is 2.37. The van der Waals surface area contributed by atoms with Crippen LogP contribution in [-0.2, 0) is 4.79 Å². The van der Waals surface area contributed by atoms with Gasteiger partial charge in [-0.2, -0.15) is 0 Å². The van der Waals surface area contributed by atoms with Gasteiger partial charge in [-0.1, -0.05) is 25.1 Å². The van der Waals surface area contributed by atoms with Crippen LogP contribution in [0.15, 0.2) is 65.7 Å². The molecule has 0 saturated carbocycles. The largest absolute Gasteiger partial charge is 0.495 e. The zero-order valence-electron chi connectivity index (χ0n) is 19.9. The van der Waals surface area contributed by atoms with Crippen LogP contribution >= 0.6 is 0 Å². The highest BCUT2D eigenvalue weighted by molar-refractivity contribution is 6.15. The first-order valence-corrected chi connectivity index (χ1v) is 11.4. The van der Waals surface area contributed by atoms with Crippen LogP contribution in [0.25, 0.3) is 11.8 Å². The molecule has 1 aliphatic rings. The molecule has 1 atom stereocenters. The second kappa shape index (κ2) is 10.5. The lowest BCUT2D eigenvalue weighted by Crippen LogP contribution is -2.38. The Morgan fingerprint density at radius 1 is 1.26 bits per heavy atom. The highest BCUT2D eigenvalue weighted by atomic mass is 19.1. The van der Waals surface area contributed by atoms with Crippen molar-refractivity contribution in [3.05, 3.63) is 83.3 Å². The molecule has 1 saturated heterocycles. The van der Waals surface area contributed by atoms with Crippen LogP contribution < -0.4 is 10.1 Å². The molecular weight excluding hydrogens is 449 g/mol. The smallest absolute Gasteiger partial charge is 0.277 e. The molecule has 2 N–H and O–H groups in total. The summed E-state index contributed by atoms with van der Waals surface area (Å²) in [5.74, 6) is 0.249. The summed E-state index contributed by atoms with van der Waals surface area (Å²) in [5.41, 5.74) is 3.38. The number of aliphatic hydroxyl groups excluding tert-OH is 1. The van der Waals surface area contributed by atoms with Crippen molar-refractivity contribution in [2.75, 3.05) is 20.3 Å². The maximum absolute atomic E-state index is 13.5. The number of benzene rings is 2. The molecule has 9 heteroatoms. The van der Waals surface area contributed by atoms with Gasteiger partial charge in [0.1, 0.15) is 17.3 Å². The molecule has 3 aromatic rings. The monoisotopic (exact) mass is 477 g/mol. The summed E-state index contributed by atoms with van der Waals surface area (Å²) in [6.07, 6.45) is 6.12. The van der Waals surface area contributed by atoms with E-state index in [1.54, 1.807) is 31.6 Å². The predicted octanol–water partition coefficient (Wildman–Crippen LogP) is 3.60. The van der Waals surface area contributed by atoms with E-state index in [2.05, 4.69) is 15.3 Å². The predicted molar refractivity (Wildman–Crippen MR) is 132 cm³/mol. The number of methoxy groups -OCH3 is 1. The zero-order valence-corrected chi connectivity index (χ0v) is 19.9. The lowest BCUT2D eigenvalue weighted by Gasteiger charge is -2.25. The average molecular weight is 478 g/mol. The average Bonchev–Trinajstić information content (AvgIpc) is 3.42. The molecule has 4 rings (SSSR count). The molecule has 1 aliphatic heterocycles. The first-order valence-electron chi connectivity index (χ1n) is 11.4. The number of rotatable bonds is 8. The third-order valence-corrected chi connectivity index (χ3v) is 5.65. The number of carbonyl (C=O) groups excluding carboxylic acids is 1. The van der Waals surface area contributed by atoms with E-state index in [9.17, 15) is 14.3 Å². The number of guanidine groups is 1. The lowest BCUT2D eigenvalue weighted by molar-refractivity contribution is -0.124. The number of halogens is 1. The quantitative estimate of drug-likeness (QED) is 0.484. The Kier molecular flexibility index (Phi) is 7.26. The molecular formula is C26H28FN5O3. The number of hydrogen-bond donors (Lipinski definition) is 2. The summed E-state index contributed by atoms with van der Waals surface area (Å²) >= 11 is 0. The SMILES string of the molecule is CCC/N=C1\N/C(=C\c2ccc(-n3cnc(C)c3)c(OC)c2)C(=O)N1[C@H](CO)c1ccc(F)cc1. The third kappa shape index (κ3) is 5.09. The van der Waals surface area contributed by atoms with Gasteiger partial charge in [-0.15, -0.1) is 0 Å². The van der Waals surface area contributed by atoms with Gasteiger partial charge in [0.25, 0.3) is 5.91 Å². The Morgan fingerprint density at radius 3 is 2.66 bits per heavy atom. The fourth-order valence-corrected chi connectivity index (χ4v) is 3.92. The van der Waals surface area contributed by atoms with Gasteiger partial charge in [0.05, 0.1) is 37.5 Å². The Hall–Kier alpha value is -3.98. The Morgan fingerprint density at radius 2 is 2.03 bits per heavy atom. The summed E-state index contributed by atoms with van der Waals surface area (Å²) in [4.78, 5) is 23.7. The van der Waals surface area contributed by atoms with Crippen LogP contribution in [0.5, 0.6) is 5.75 Å². The van der Waals surface area contributed by atoms with Gasteiger partial charge in [0.15, 0.2) is 0 Å². The van der Waals surface area contributed by atoms with Crippen LogP contribution in [0.3, 0.4) is 0 Å². The minimum atomic E-state index is -0.710. The van der Waals surface area contributed by atoms with E-state index in [-0.39, 0.29) is 18.3 Å². The Labute approximate surface area is 203 Å². The third-order valence-electron chi connectivity index (χ3n) is 5.65. The number of nitrogens with one attached hydrogen (secondary N) is 1. The van der Waals surface area contributed by atoms with E-state index >= 15 is 0 Å². The number of nitrogens with zero attached hydrogens (tertiary/aromatic N) is 4. The number of aryl methyl sites for hydroxylation is 1. The Balaban J connectivity index is 1.69. The molecule has 1 amide bonds. The van der Waals surface area contributed by atoms with Crippen molar-refractivity contribution in [2.45, 2.75) is 26.3 Å². The number of hydrogen-bond acceptors (Lipinski definition) is 5. The second-order valence-corrected chi connectivity index (χ2v) is 8.17. The van der Waals surface area contributed by atoms with Gasteiger partial charge in [-0.05, 0) is 54.8 Å². The van der Waals surface area contributed by atoms with E-state index in [0.717, 1.165) is 23.4 Å². The number of amides is 1. The minimum absolute atomic E-state index is 0.314. The number of aliphatic hydroxyl groups is 1. The molecule has 0 aliphatic carbocycles. The van der Waals surface area contributed by atoms with Crippen molar-refractivity contribution in [3.8, 4) is 11.4 Å². The normalized spacial score (nSPS) is 16.7. The van der Waals surface area contributed by atoms with Crippen LogP contribution in [0.1, 0.15) is 36.2 Å². The molecule has 182 valence electrons. The maximum atomic E-state index is 13.5. The van der Waals surface area contributed by atoms with Crippen molar-refractivity contribution in [3.63, 3.8) is 0 Å². The van der Waals surface area contributed by atoms with E-state index in [1.807, 2.05) is 42.8 Å². The van der Waals surface area contributed by atoms with Crippen molar-refractivity contribution in [1.29, 1.82) is 0 Å². The number of imidazole rings is 1. The molecule has 35 heavy (non-hydrogen) atoms. The summed E-state index contributed by atoms with van der Waals surface area (Å²) < 4.78 is 20.9. The fraction of sp³-hybridized carbons (Fsp3) is 0.269. The molecule has 8 nitrogen and oxygen atoms in total. The summed E-state index contributed by atoms with van der Waals surface area (Å²) in [6, 6.07) is 10.6. The molecule has 0 bridgehead atoms. The lowest BCUT2D eigenvalue weighted by atomic mass is 10.1. The van der Waals surface area contributed by atoms with Gasteiger partial charge in [-0.3, -0.25) is 14.7 Å². The van der Waals surface area contributed by atoms with Crippen molar-refractivity contribution in [1.82, 2.24) is 19.8 Å². The van der Waals surface area contributed by atoms with Gasteiger partial charge < -0.3 is 19.7 Å². The number of ether oxygens (including phenoxy) is 1. The van der Waals surface area contributed by atoms with E-state index in [0.29, 0.717) is 29.5 Å². The molecule has 0 unspecified atom stereocenters. The van der Waals surface area contributed by atoms with Crippen LogP contribution in [0, 0.1) is 12.7 Å². The molecule has 1 aromatic heterocycles. The van der Waals surface area contributed by atoms with Gasteiger partial charge >= 0.3 is 0 Å². The fourth-order valence-electron chi connectivity index (χ4n) is 3.92. The van der Waals surface area contributed by atoms with E-state index < -0.39 is 6.04 Å². The first kappa shape index (κ1) is 24.2. The molecule has 2 heterocycles. The number of aromatic nitrogens is 2. The first-order chi connectivity index (χ1) is 16.9. The van der Waals surface area contributed by atoms with E-state index in [4.69, 9.17) is 4.74 Å². The summed E-state index contributed by atoms with van der Waals surface area (Å²) in [5, 5.41) is 13.2. The van der Waals surface area contributed by atoms with E-state index in [1.165, 1.54) is 17.0 Å². The van der Waals surface area contributed by atoms with Crippen LogP contribution in [0.2, 0.25) is 0 Å². The zero-order chi connectivity index (χ0) is 24.9. The number of aliphatic imine (C=N–C) groups is 1. The van der Waals surface area contributed by atoms with Crippen molar-refractivity contribution >= 4 is 17.9 Å².